The van der Waals surface area contributed by atoms with Crippen LogP contribution >= 0.6 is 0 Å². The third-order valence-corrected chi connectivity index (χ3v) is 4.88. The van der Waals surface area contributed by atoms with Crippen LogP contribution in [0, 0.1) is 13.8 Å². The number of allylic oxidation sites excluding steroid dienone is 4. The summed E-state index contributed by atoms with van der Waals surface area (Å²) in [7, 11) is 0. The third kappa shape index (κ3) is 7.44. The molecule has 10 heteroatoms. The van der Waals surface area contributed by atoms with Crippen LogP contribution in [-0.2, 0) is 13.0 Å². The first-order chi connectivity index (χ1) is 15.5. The zero-order valence-electron chi connectivity index (χ0n) is 18.8. The lowest BCUT2D eigenvalue weighted by atomic mass is 10.1. The molecule has 0 saturated heterocycles. The van der Waals surface area contributed by atoms with Gasteiger partial charge in [0.1, 0.15) is 18.3 Å². The maximum Gasteiger partial charge on any atom is 0.573 e. The zero-order valence-corrected chi connectivity index (χ0v) is 18.8. The van der Waals surface area contributed by atoms with Crippen LogP contribution in [0.25, 0.3) is 0 Å². The van der Waals surface area contributed by atoms with Gasteiger partial charge in [0.25, 0.3) is 5.56 Å². The predicted octanol–water partition coefficient (Wildman–Crippen LogP) is 6.22. The Morgan fingerprint density at radius 1 is 1.21 bits per heavy atom. The van der Waals surface area contributed by atoms with Crippen LogP contribution in [0.15, 0.2) is 46.7 Å². The summed E-state index contributed by atoms with van der Waals surface area (Å²) in [6.07, 6.45) is -0.296. The van der Waals surface area contributed by atoms with E-state index in [1.165, 1.54) is 25.1 Å². The van der Waals surface area contributed by atoms with Gasteiger partial charge in [-0.05, 0) is 67.7 Å². The van der Waals surface area contributed by atoms with Crippen molar-refractivity contribution in [2.75, 3.05) is 12.0 Å². The number of benzene rings is 1. The molecule has 1 N–H and O–H groups in total. The topological polar surface area (TPSA) is 56.2 Å². The minimum Gasteiger partial charge on any atom is -0.406 e. The van der Waals surface area contributed by atoms with E-state index in [-0.39, 0.29) is 23.8 Å². The molecule has 33 heavy (non-hydrogen) atoms. The molecule has 0 atom stereocenters. The van der Waals surface area contributed by atoms with Crippen LogP contribution in [0.1, 0.15) is 37.0 Å². The van der Waals surface area contributed by atoms with Gasteiger partial charge >= 0.3 is 6.36 Å². The van der Waals surface area contributed by atoms with E-state index in [0.717, 1.165) is 6.08 Å². The molecule has 0 bridgehead atoms. The molecule has 0 amide bonds. The molecule has 0 aliphatic carbocycles. The van der Waals surface area contributed by atoms with Gasteiger partial charge in [-0.3, -0.25) is 4.79 Å². The molecule has 0 radical (unpaired) electrons. The van der Waals surface area contributed by atoms with E-state index in [1.54, 1.807) is 24.6 Å². The Morgan fingerprint density at radius 2 is 1.91 bits per heavy atom. The van der Waals surface area contributed by atoms with E-state index in [1.807, 2.05) is 6.92 Å². The normalized spacial score (nSPS) is 12.8. The number of ether oxygens (including phenoxy) is 1. The maximum absolute atomic E-state index is 13.8. The monoisotopic (exact) mass is 471 g/mol. The van der Waals surface area contributed by atoms with Crippen molar-refractivity contribution in [1.82, 2.24) is 9.55 Å². The highest BCUT2D eigenvalue weighted by molar-refractivity contribution is 5.62. The van der Waals surface area contributed by atoms with Crippen molar-refractivity contribution in [2.24, 2.45) is 0 Å². The number of halogens is 5. The summed E-state index contributed by atoms with van der Waals surface area (Å²) in [6.45, 7) is 5.89. The van der Waals surface area contributed by atoms with E-state index >= 15 is 0 Å². The molecule has 0 aliphatic heterocycles. The van der Waals surface area contributed by atoms with Crippen LogP contribution in [-0.4, -0.2) is 22.6 Å². The van der Waals surface area contributed by atoms with Gasteiger partial charge < -0.3 is 14.6 Å². The van der Waals surface area contributed by atoms with Gasteiger partial charge in [-0.2, -0.15) is 4.98 Å². The van der Waals surface area contributed by atoms with Crippen LogP contribution in [0.2, 0.25) is 0 Å². The highest BCUT2D eigenvalue weighted by Gasteiger charge is 2.32. The second kappa shape index (κ2) is 11.1. The Balaban J connectivity index is 2.48. The Morgan fingerprint density at radius 3 is 2.48 bits per heavy atom. The molecule has 1 aromatic heterocycles. The molecule has 1 heterocycles. The molecule has 0 unspecified atom stereocenters. The summed E-state index contributed by atoms with van der Waals surface area (Å²) in [6, 6.07) is 2.70. The van der Waals surface area contributed by atoms with Crippen LogP contribution in [0.5, 0.6) is 5.75 Å². The second-order valence-corrected chi connectivity index (χ2v) is 7.38. The van der Waals surface area contributed by atoms with Crippen LogP contribution < -0.4 is 15.6 Å². The highest BCUT2D eigenvalue weighted by Crippen LogP contribution is 2.32. The van der Waals surface area contributed by atoms with Crippen molar-refractivity contribution in [3.63, 3.8) is 0 Å². The molecule has 0 fully saturated rings. The average molecular weight is 471 g/mol. The zero-order chi connectivity index (χ0) is 24.8. The molecule has 5 nitrogen and oxygen atoms in total. The number of nitrogens with zero attached hydrogens (tertiary/aromatic N) is 2. The largest absolute Gasteiger partial charge is 0.573 e. The summed E-state index contributed by atoms with van der Waals surface area (Å²) >= 11 is 0. The summed E-state index contributed by atoms with van der Waals surface area (Å²) in [4.78, 5) is 16.4. The highest BCUT2D eigenvalue weighted by atomic mass is 19.4. The van der Waals surface area contributed by atoms with Gasteiger partial charge in [-0.1, -0.05) is 13.8 Å². The first kappa shape index (κ1) is 26.1. The number of aromatic nitrogens is 2. The van der Waals surface area contributed by atoms with Gasteiger partial charge in [0.05, 0.1) is 0 Å². The quantitative estimate of drug-likeness (QED) is 0.348. The fraction of sp³-hybridized carbons (Fsp3) is 0.391. The Bertz CT molecular complexity index is 1100. The lowest BCUT2D eigenvalue weighted by molar-refractivity contribution is -0.274. The van der Waals surface area contributed by atoms with Gasteiger partial charge in [-0.15, -0.1) is 13.2 Å². The van der Waals surface area contributed by atoms with Crippen LogP contribution in [0.3, 0.4) is 0 Å². The predicted molar refractivity (Wildman–Crippen MR) is 117 cm³/mol. The van der Waals surface area contributed by atoms with Crippen molar-refractivity contribution in [3.8, 4) is 5.75 Å². The van der Waals surface area contributed by atoms with Gasteiger partial charge in [0.2, 0.25) is 5.95 Å². The molecular formula is C23H26F5N3O2. The molecule has 2 rings (SSSR count). The summed E-state index contributed by atoms with van der Waals surface area (Å²) in [5.41, 5.74) is 1.70. The number of hydrogen-bond donors (Lipinski definition) is 1. The number of anilines is 2. The summed E-state index contributed by atoms with van der Waals surface area (Å²) in [5, 5.41) is 2.99. The third-order valence-electron chi connectivity index (χ3n) is 4.88. The number of hydrogen-bond acceptors (Lipinski definition) is 4. The van der Waals surface area contributed by atoms with Gasteiger partial charge in [0, 0.05) is 24.0 Å². The van der Waals surface area contributed by atoms with Crippen molar-refractivity contribution in [1.29, 1.82) is 0 Å². The summed E-state index contributed by atoms with van der Waals surface area (Å²) < 4.78 is 69.7. The number of nitrogens with one attached hydrogen (secondary N) is 1. The Hall–Kier alpha value is -3.17. The minimum absolute atomic E-state index is 0.137. The maximum atomic E-state index is 13.8. The minimum atomic E-state index is -4.82. The second-order valence-electron chi connectivity index (χ2n) is 7.38. The van der Waals surface area contributed by atoms with E-state index in [2.05, 4.69) is 15.0 Å². The number of aryl methyl sites for hydroxylation is 3. The molecule has 1 aromatic carbocycles. The van der Waals surface area contributed by atoms with E-state index in [4.69, 9.17) is 0 Å². The number of alkyl halides is 4. The fourth-order valence-corrected chi connectivity index (χ4v) is 3.08. The van der Waals surface area contributed by atoms with E-state index in [0.29, 0.717) is 35.2 Å². The fourth-order valence-electron chi connectivity index (χ4n) is 3.08. The van der Waals surface area contributed by atoms with Gasteiger partial charge in [-0.25, -0.2) is 8.78 Å². The molecular weight excluding hydrogens is 445 g/mol. The first-order valence-electron chi connectivity index (χ1n) is 10.3. The van der Waals surface area contributed by atoms with Crippen LogP contribution in [0.4, 0.5) is 33.6 Å². The average Bonchev–Trinajstić information content (AvgIpc) is 2.71. The Labute approximate surface area is 188 Å². The van der Waals surface area contributed by atoms with E-state index in [9.17, 15) is 26.7 Å². The summed E-state index contributed by atoms with van der Waals surface area (Å²) in [5.74, 6) is -0.901. The van der Waals surface area contributed by atoms with Crippen molar-refractivity contribution < 1.29 is 26.7 Å². The lowest BCUT2D eigenvalue weighted by Crippen LogP contribution is -2.21. The number of rotatable bonds is 9. The SMILES string of the molecule is CC/C(=C\C(F)=C/CF)Cn1cc(CC)c(=O)nc1Nc1cc(C)c(OC(F)(F)F)cc1C. The van der Waals surface area contributed by atoms with Crippen molar-refractivity contribution in [3.05, 3.63) is 68.9 Å². The van der Waals surface area contributed by atoms with Gasteiger partial charge in [0.15, 0.2) is 0 Å². The molecule has 0 saturated carbocycles. The Kier molecular flexibility index (Phi) is 8.78. The molecule has 0 spiro atoms. The lowest BCUT2D eigenvalue weighted by Gasteiger charge is -2.19. The molecule has 2 aromatic rings. The van der Waals surface area contributed by atoms with Crippen molar-refractivity contribution >= 4 is 11.6 Å². The van der Waals surface area contributed by atoms with Crippen molar-refractivity contribution in [2.45, 2.75) is 53.4 Å². The smallest absolute Gasteiger partial charge is 0.406 e. The standard InChI is InChI=1S/C23H26F5N3O2/c1-5-16(11-18(25)7-8-24)12-31-13-17(6-2)21(32)30-22(31)29-19-9-15(4)20(10-14(19)3)33-23(26,27)28/h7,9-11,13H,5-6,8,12H2,1-4H3,(H,29,30,32)/b16-11+,18-7+. The first-order valence-corrected chi connectivity index (χ1v) is 10.3. The molecule has 0 aliphatic rings. The molecule has 180 valence electrons. The van der Waals surface area contributed by atoms with E-state index < -0.39 is 24.4 Å².